The number of esters is 1. The molecule has 0 unspecified atom stereocenters. The minimum absolute atomic E-state index is 0.108. The minimum Gasteiger partial charge on any atom is -0.492 e. The van der Waals surface area contributed by atoms with Gasteiger partial charge in [-0.1, -0.05) is 18.6 Å². The molecular formula is C28H32F2N2O4. The average molecular weight is 499 g/mol. The van der Waals surface area contributed by atoms with Crippen LogP contribution in [0.5, 0.6) is 5.75 Å². The summed E-state index contributed by atoms with van der Waals surface area (Å²) in [7, 11) is 0. The van der Waals surface area contributed by atoms with Crippen LogP contribution in [0.4, 0.5) is 8.78 Å². The summed E-state index contributed by atoms with van der Waals surface area (Å²) in [4.78, 5) is 27.7. The van der Waals surface area contributed by atoms with E-state index < -0.39 is 17.6 Å². The van der Waals surface area contributed by atoms with E-state index in [9.17, 15) is 18.4 Å². The average Bonchev–Trinajstić information content (AvgIpc) is 2.87. The third-order valence-corrected chi connectivity index (χ3v) is 6.57. The van der Waals surface area contributed by atoms with Gasteiger partial charge in [-0.15, -0.1) is 0 Å². The van der Waals surface area contributed by atoms with Gasteiger partial charge in [0.05, 0.1) is 12.1 Å². The number of piperidine rings is 1. The second kappa shape index (κ2) is 12.1. The third-order valence-electron chi connectivity index (χ3n) is 6.57. The summed E-state index contributed by atoms with van der Waals surface area (Å²) < 4.78 is 40.8. The van der Waals surface area contributed by atoms with Crippen LogP contribution in [0, 0.1) is 11.6 Å². The zero-order valence-corrected chi connectivity index (χ0v) is 20.6. The second-order valence-electron chi connectivity index (χ2n) is 9.03. The fourth-order valence-electron chi connectivity index (χ4n) is 4.70. The topological polar surface area (TPSA) is 60.8 Å². The van der Waals surface area contributed by atoms with Gasteiger partial charge in [0.15, 0.2) is 17.1 Å². The van der Waals surface area contributed by atoms with Gasteiger partial charge in [0.25, 0.3) is 0 Å². The van der Waals surface area contributed by atoms with Crippen LogP contribution < -0.4 is 10.2 Å². The Balaban J connectivity index is 1.62. The largest absolute Gasteiger partial charge is 0.492 e. The first-order valence-corrected chi connectivity index (χ1v) is 12.6. The normalized spacial score (nSPS) is 14.2. The van der Waals surface area contributed by atoms with Crippen molar-refractivity contribution in [2.24, 2.45) is 0 Å². The number of fused-ring (bicyclic) bond motifs is 1. The lowest BCUT2D eigenvalue weighted by molar-refractivity contribution is -0.143. The van der Waals surface area contributed by atoms with Gasteiger partial charge in [-0.3, -0.25) is 14.5 Å². The molecule has 0 amide bonds. The van der Waals surface area contributed by atoms with Crippen molar-refractivity contribution < 1.29 is 23.0 Å². The molecule has 1 aliphatic rings. The van der Waals surface area contributed by atoms with Crippen LogP contribution in [0.15, 0.2) is 47.3 Å². The first kappa shape index (κ1) is 25.8. The van der Waals surface area contributed by atoms with Crippen LogP contribution in [0.1, 0.15) is 37.4 Å². The predicted molar refractivity (Wildman–Crippen MR) is 134 cm³/mol. The lowest BCUT2D eigenvalue weighted by atomic mass is 10.0. The van der Waals surface area contributed by atoms with Crippen molar-refractivity contribution in [1.29, 1.82) is 0 Å². The highest BCUT2D eigenvalue weighted by Crippen LogP contribution is 2.22. The molecule has 0 bridgehead atoms. The van der Waals surface area contributed by atoms with E-state index in [2.05, 4.69) is 4.90 Å². The van der Waals surface area contributed by atoms with Crippen LogP contribution in [-0.4, -0.2) is 48.3 Å². The van der Waals surface area contributed by atoms with Crippen molar-refractivity contribution in [2.45, 2.75) is 45.6 Å². The van der Waals surface area contributed by atoms with Crippen LogP contribution in [-0.2, 0) is 28.9 Å². The molecule has 0 N–H and O–H groups in total. The molecule has 0 radical (unpaired) electrons. The molecule has 0 spiro atoms. The van der Waals surface area contributed by atoms with Gasteiger partial charge in [0.1, 0.15) is 18.9 Å². The van der Waals surface area contributed by atoms with E-state index in [0.29, 0.717) is 29.0 Å². The van der Waals surface area contributed by atoms with Gasteiger partial charge in [-0.05, 0) is 69.5 Å². The lowest BCUT2D eigenvalue weighted by Crippen LogP contribution is -2.33. The van der Waals surface area contributed by atoms with E-state index in [-0.39, 0.29) is 37.0 Å². The van der Waals surface area contributed by atoms with Gasteiger partial charge >= 0.3 is 5.97 Å². The third kappa shape index (κ3) is 6.29. The first-order chi connectivity index (χ1) is 17.5. The van der Waals surface area contributed by atoms with Gasteiger partial charge < -0.3 is 14.0 Å². The summed E-state index contributed by atoms with van der Waals surface area (Å²) in [6.07, 6.45) is 4.10. The summed E-state index contributed by atoms with van der Waals surface area (Å²) in [6, 6.07) is 10.7. The number of likely N-dealkylation sites (tertiary alicyclic amines) is 1. The van der Waals surface area contributed by atoms with Crippen molar-refractivity contribution in [3.8, 4) is 5.75 Å². The standard InChI is InChI=1S/C28H32F2N2O4/c1-2-35-27(34)19-32-21(10-9-20-7-6-8-24(29)28(20)30)17-26(33)23-12-11-22(18-25(23)32)36-16-15-31-13-4-3-5-14-31/h6-8,11-12,17-18H,2-5,9-10,13-16,19H2,1H3. The highest BCUT2D eigenvalue weighted by molar-refractivity contribution is 5.82. The smallest absolute Gasteiger partial charge is 0.325 e. The highest BCUT2D eigenvalue weighted by atomic mass is 19.2. The number of pyridine rings is 1. The first-order valence-electron chi connectivity index (χ1n) is 12.6. The number of halogens is 2. The molecule has 1 saturated heterocycles. The summed E-state index contributed by atoms with van der Waals surface area (Å²) >= 11 is 0. The Morgan fingerprint density at radius 1 is 1.03 bits per heavy atom. The van der Waals surface area contributed by atoms with Gasteiger partial charge in [0, 0.05) is 29.8 Å². The van der Waals surface area contributed by atoms with Crippen molar-refractivity contribution in [3.05, 3.63) is 75.6 Å². The Morgan fingerprint density at radius 2 is 1.83 bits per heavy atom. The van der Waals surface area contributed by atoms with Crippen molar-refractivity contribution >= 4 is 16.9 Å². The van der Waals surface area contributed by atoms with Crippen LogP contribution in [0.2, 0.25) is 0 Å². The Bertz CT molecular complexity index is 1270. The molecule has 192 valence electrons. The quantitative estimate of drug-likeness (QED) is 0.386. The SMILES string of the molecule is CCOC(=O)Cn1c(CCc2cccc(F)c2F)cc(=O)c2ccc(OCCN3CCCCC3)cc21. The van der Waals surface area contributed by atoms with Gasteiger partial charge in [-0.2, -0.15) is 0 Å². The summed E-state index contributed by atoms with van der Waals surface area (Å²) in [6.45, 7) is 5.35. The summed E-state index contributed by atoms with van der Waals surface area (Å²) in [5.41, 5.74) is 1.08. The number of aryl methyl sites for hydroxylation is 2. The number of carbonyl (C=O) groups excluding carboxylic acids is 1. The number of carbonyl (C=O) groups is 1. The van der Waals surface area contributed by atoms with E-state index in [1.807, 2.05) is 0 Å². The molecule has 2 heterocycles. The number of rotatable bonds is 10. The Morgan fingerprint density at radius 3 is 2.61 bits per heavy atom. The number of aromatic nitrogens is 1. The van der Waals surface area contributed by atoms with E-state index in [0.717, 1.165) is 25.7 Å². The minimum atomic E-state index is -0.915. The maximum atomic E-state index is 14.2. The Hall–Kier alpha value is -3.26. The van der Waals surface area contributed by atoms with Gasteiger partial charge in [-0.25, -0.2) is 8.78 Å². The zero-order valence-electron chi connectivity index (χ0n) is 20.6. The van der Waals surface area contributed by atoms with Crippen LogP contribution in [0.25, 0.3) is 10.9 Å². The zero-order chi connectivity index (χ0) is 25.5. The Kier molecular flexibility index (Phi) is 8.70. The number of hydrogen-bond acceptors (Lipinski definition) is 5. The molecule has 8 heteroatoms. The molecule has 2 aromatic carbocycles. The van der Waals surface area contributed by atoms with Crippen molar-refractivity contribution in [3.63, 3.8) is 0 Å². The summed E-state index contributed by atoms with van der Waals surface area (Å²) in [5, 5.41) is 0.448. The van der Waals surface area contributed by atoms with Crippen molar-refractivity contribution in [1.82, 2.24) is 9.47 Å². The Labute approximate surface area is 209 Å². The molecule has 0 aliphatic carbocycles. The molecular weight excluding hydrogens is 466 g/mol. The maximum absolute atomic E-state index is 14.2. The molecule has 1 aliphatic heterocycles. The highest BCUT2D eigenvalue weighted by Gasteiger charge is 2.16. The van der Waals surface area contributed by atoms with E-state index in [4.69, 9.17) is 9.47 Å². The molecule has 0 saturated carbocycles. The van der Waals surface area contributed by atoms with E-state index in [1.54, 1.807) is 29.7 Å². The fourth-order valence-corrected chi connectivity index (χ4v) is 4.70. The molecule has 36 heavy (non-hydrogen) atoms. The molecule has 4 rings (SSSR count). The summed E-state index contributed by atoms with van der Waals surface area (Å²) in [5.74, 6) is -1.66. The van der Waals surface area contributed by atoms with Gasteiger partial charge in [0.2, 0.25) is 0 Å². The number of hydrogen-bond donors (Lipinski definition) is 0. The molecule has 0 atom stereocenters. The van der Waals surface area contributed by atoms with Crippen LogP contribution in [0.3, 0.4) is 0 Å². The van der Waals surface area contributed by atoms with Crippen molar-refractivity contribution in [2.75, 3.05) is 32.8 Å². The number of ether oxygens (including phenoxy) is 2. The molecule has 1 aromatic heterocycles. The van der Waals surface area contributed by atoms with E-state index in [1.165, 1.54) is 37.5 Å². The van der Waals surface area contributed by atoms with Crippen LogP contribution >= 0.6 is 0 Å². The van der Waals surface area contributed by atoms with E-state index >= 15 is 0 Å². The molecule has 3 aromatic rings. The number of benzene rings is 2. The second-order valence-corrected chi connectivity index (χ2v) is 9.03. The number of nitrogens with zero attached hydrogens (tertiary/aromatic N) is 2. The lowest BCUT2D eigenvalue weighted by Gasteiger charge is -2.26. The molecule has 6 nitrogen and oxygen atoms in total. The maximum Gasteiger partial charge on any atom is 0.325 e. The molecule has 1 fully saturated rings. The monoisotopic (exact) mass is 498 g/mol. The predicted octanol–water partition coefficient (Wildman–Crippen LogP) is 4.49. The fraction of sp³-hybridized carbons (Fsp3) is 0.429.